The summed E-state index contributed by atoms with van der Waals surface area (Å²) in [6, 6.07) is 1.14. The van der Waals surface area contributed by atoms with E-state index in [0.717, 1.165) is 17.4 Å². The second kappa shape index (κ2) is 4.76. The van der Waals surface area contributed by atoms with Gasteiger partial charge in [0.25, 0.3) is 0 Å². The molecule has 0 radical (unpaired) electrons. The fraction of sp³-hybridized carbons (Fsp3) is 1.00. The molecule has 0 aromatic carbocycles. The Balaban J connectivity index is 2.93. The van der Waals surface area contributed by atoms with E-state index in [4.69, 9.17) is 16.0 Å². The first-order valence-corrected chi connectivity index (χ1v) is 13.7. The van der Waals surface area contributed by atoms with Crippen LogP contribution in [0.25, 0.3) is 0 Å². The van der Waals surface area contributed by atoms with Gasteiger partial charge in [-0.05, 0) is 13.0 Å². The lowest BCUT2D eigenvalue weighted by molar-refractivity contribution is 0.0487. The molecule has 0 aliphatic carbocycles. The molecule has 90 valence electrons. The zero-order valence-corrected chi connectivity index (χ0v) is 13.9. The monoisotopic (exact) mass is 332 g/mol. The van der Waals surface area contributed by atoms with Crippen molar-refractivity contribution in [2.24, 2.45) is 0 Å². The Hall–Kier alpha value is 1.09. The molecule has 1 aliphatic rings. The zero-order chi connectivity index (χ0) is 11.7. The van der Waals surface area contributed by atoms with Crippen molar-refractivity contribution in [3.63, 3.8) is 0 Å². The molecule has 1 saturated heterocycles. The highest BCUT2D eigenvalue weighted by Crippen LogP contribution is 2.40. The van der Waals surface area contributed by atoms with E-state index >= 15 is 0 Å². The predicted molar refractivity (Wildman–Crippen MR) is 72.8 cm³/mol. The van der Waals surface area contributed by atoms with Crippen LogP contribution >= 0.6 is 27.5 Å². The first-order chi connectivity index (χ1) is 6.85. The van der Waals surface area contributed by atoms with Crippen molar-refractivity contribution in [1.29, 1.82) is 0 Å². The van der Waals surface area contributed by atoms with Crippen LogP contribution in [0.2, 0.25) is 25.7 Å². The van der Waals surface area contributed by atoms with Gasteiger partial charge in [0.1, 0.15) is 6.67 Å². The lowest BCUT2D eigenvalue weighted by Gasteiger charge is -2.51. The van der Waals surface area contributed by atoms with Gasteiger partial charge in [0.15, 0.2) is 7.83 Å². The van der Waals surface area contributed by atoms with Crippen LogP contribution in [0.5, 0.6) is 0 Å². The Kier molecular flexibility index (Phi) is 4.49. The Morgan fingerprint density at radius 2 is 2.07 bits per heavy atom. The molecule has 1 aliphatic heterocycles. The summed E-state index contributed by atoms with van der Waals surface area (Å²) in [4.78, 5) is 0.901. The van der Waals surface area contributed by atoms with Crippen molar-refractivity contribution in [1.82, 2.24) is 0 Å². The summed E-state index contributed by atoms with van der Waals surface area (Å²) in [5, 5.41) is 0. The van der Waals surface area contributed by atoms with Crippen molar-refractivity contribution >= 4 is 43.0 Å². The zero-order valence-electron chi connectivity index (χ0n) is 9.58. The summed E-state index contributed by atoms with van der Waals surface area (Å²) in [5.74, 6) is 0.281. The van der Waals surface area contributed by atoms with Gasteiger partial charge in [-0.15, -0.1) is 11.6 Å². The smallest absolute Gasteiger partial charge is 0.187 e. The average Bonchev–Trinajstić information content (AvgIpc) is 2.23. The van der Waals surface area contributed by atoms with E-state index in [2.05, 4.69) is 35.6 Å². The highest BCUT2D eigenvalue weighted by atomic mass is 79.9. The van der Waals surface area contributed by atoms with Crippen LogP contribution < -0.4 is 0 Å². The summed E-state index contributed by atoms with van der Waals surface area (Å²) < 4.78 is 19.2. The van der Waals surface area contributed by atoms with Gasteiger partial charge in [-0.1, -0.05) is 35.1 Å². The third-order valence-electron chi connectivity index (χ3n) is 3.82. The normalized spacial score (nSPS) is 40.4. The molecule has 1 fully saturated rings. The number of halogens is 3. The summed E-state index contributed by atoms with van der Waals surface area (Å²) in [6.07, 6.45) is 0.793. The van der Waals surface area contributed by atoms with Crippen molar-refractivity contribution in [2.45, 2.75) is 37.7 Å². The number of hydrogen-bond donors (Lipinski definition) is 0. The molecule has 1 rings (SSSR count). The average molecular weight is 334 g/mol. The Bertz CT molecular complexity index is 238. The first-order valence-electron chi connectivity index (χ1n) is 5.23. The lowest BCUT2D eigenvalue weighted by atomic mass is 10.1. The van der Waals surface area contributed by atoms with Gasteiger partial charge in [0.2, 0.25) is 0 Å². The molecule has 0 N–H and O–H groups in total. The van der Waals surface area contributed by atoms with Crippen molar-refractivity contribution in [3.8, 4) is 0 Å². The minimum Gasteiger partial charge on any atom is -0.410 e. The highest BCUT2D eigenvalue weighted by Gasteiger charge is 2.55. The summed E-state index contributed by atoms with van der Waals surface area (Å²) in [5.41, 5.74) is -0.682. The lowest BCUT2D eigenvalue weighted by Crippen LogP contribution is -2.69. The maximum Gasteiger partial charge on any atom is 0.187 e. The predicted octanol–water partition coefficient (Wildman–Crippen LogP) is 3.65. The number of rotatable bonds is 3. The molecule has 0 aromatic rings. The standard InChI is InChI=1S/C9H19BrClFOSi2/c1-14(2)5-4-9(6-11,7-12)13-15(14,3)8-10/h4-8H2,1-3H3. The van der Waals surface area contributed by atoms with Crippen molar-refractivity contribution < 1.29 is 8.82 Å². The fourth-order valence-electron chi connectivity index (χ4n) is 1.90. The van der Waals surface area contributed by atoms with E-state index in [0.29, 0.717) is 0 Å². The molecule has 0 aromatic heterocycles. The van der Waals surface area contributed by atoms with Crippen molar-refractivity contribution in [2.75, 3.05) is 17.5 Å². The van der Waals surface area contributed by atoms with Gasteiger partial charge in [-0.25, -0.2) is 4.39 Å². The Labute approximate surface area is 107 Å². The molecule has 0 bridgehead atoms. The Morgan fingerprint density at radius 1 is 1.47 bits per heavy atom. The van der Waals surface area contributed by atoms with Crippen LogP contribution in [-0.2, 0) is 4.43 Å². The molecule has 2 unspecified atom stereocenters. The van der Waals surface area contributed by atoms with Crippen molar-refractivity contribution in [3.05, 3.63) is 0 Å². The second-order valence-corrected chi connectivity index (χ2v) is 21.7. The van der Waals surface area contributed by atoms with Crippen LogP contribution in [0.3, 0.4) is 0 Å². The van der Waals surface area contributed by atoms with Gasteiger partial charge in [0, 0.05) is 4.95 Å². The molecule has 0 saturated carbocycles. The molecule has 0 amide bonds. The van der Waals surface area contributed by atoms with Gasteiger partial charge < -0.3 is 4.43 Å². The molecule has 1 nitrogen and oxygen atoms in total. The molecule has 0 spiro atoms. The maximum atomic E-state index is 13.1. The fourth-order valence-corrected chi connectivity index (χ4v) is 17.4. The van der Waals surface area contributed by atoms with E-state index in [1.165, 1.54) is 0 Å². The summed E-state index contributed by atoms with van der Waals surface area (Å²) >= 11 is 9.43. The van der Waals surface area contributed by atoms with Gasteiger partial charge in [0.05, 0.1) is 19.1 Å². The van der Waals surface area contributed by atoms with Crippen LogP contribution in [-0.4, -0.2) is 38.5 Å². The highest BCUT2D eigenvalue weighted by molar-refractivity contribution is 9.09. The molecule has 2 atom stereocenters. The van der Waals surface area contributed by atoms with Gasteiger partial charge in [-0.2, -0.15) is 0 Å². The SMILES string of the molecule is C[Si]1(C)CCC(CF)(CCl)O[Si]1(C)CBr. The van der Waals surface area contributed by atoms with E-state index < -0.39 is 27.7 Å². The van der Waals surface area contributed by atoms with E-state index in [1.807, 2.05) is 0 Å². The summed E-state index contributed by atoms with van der Waals surface area (Å²) in [6.45, 7) is 6.49. The van der Waals surface area contributed by atoms with Gasteiger partial charge >= 0.3 is 0 Å². The van der Waals surface area contributed by atoms with Crippen LogP contribution in [0.4, 0.5) is 4.39 Å². The summed E-state index contributed by atoms with van der Waals surface area (Å²) in [7, 11) is -3.11. The van der Waals surface area contributed by atoms with E-state index in [-0.39, 0.29) is 5.88 Å². The van der Waals surface area contributed by atoms with Crippen LogP contribution in [0.1, 0.15) is 6.42 Å². The topological polar surface area (TPSA) is 9.23 Å². The third-order valence-corrected chi connectivity index (χ3v) is 25.0. The second-order valence-electron chi connectivity index (χ2n) is 5.30. The largest absolute Gasteiger partial charge is 0.410 e. The first kappa shape index (κ1) is 14.2. The minimum absolute atomic E-state index is 0.281. The molecule has 6 heteroatoms. The number of hydrogen-bond acceptors (Lipinski definition) is 1. The van der Waals surface area contributed by atoms with Crippen LogP contribution in [0.15, 0.2) is 0 Å². The third kappa shape index (κ3) is 2.51. The Morgan fingerprint density at radius 3 is 2.47 bits per heavy atom. The number of alkyl halides is 3. The van der Waals surface area contributed by atoms with Crippen LogP contribution in [0, 0.1) is 0 Å². The quantitative estimate of drug-likeness (QED) is 0.566. The van der Waals surface area contributed by atoms with Gasteiger partial charge in [-0.3, -0.25) is 0 Å². The molecule has 1 heterocycles. The minimum atomic E-state index is -1.78. The van der Waals surface area contributed by atoms with E-state index in [9.17, 15) is 4.39 Å². The molecule has 15 heavy (non-hydrogen) atoms. The molecular weight excluding hydrogens is 315 g/mol. The van der Waals surface area contributed by atoms with E-state index in [1.54, 1.807) is 0 Å². The molecular formula is C9H19BrClFOSi2. The maximum absolute atomic E-state index is 13.1.